The van der Waals surface area contributed by atoms with Crippen molar-refractivity contribution in [1.82, 2.24) is 0 Å². The summed E-state index contributed by atoms with van der Waals surface area (Å²) in [7, 11) is 0. The number of cyclic esters (lactones) is 1. The number of carbonyl (C=O) groups excluding carboxylic acids is 1. The quantitative estimate of drug-likeness (QED) is 0.489. The van der Waals surface area contributed by atoms with Gasteiger partial charge in [-0.1, -0.05) is 30.4 Å². The Morgan fingerprint density at radius 1 is 0.885 bits per heavy atom. The SMILES string of the molecule is O=C1OCC2C1=CC=CC2(c1ccc(O)c(O)c1)c1ccc(O)c(O)c1. The fourth-order valence-electron chi connectivity index (χ4n) is 3.78. The molecule has 1 saturated heterocycles. The van der Waals surface area contributed by atoms with E-state index in [1.165, 1.54) is 24.3 Å². The molecular formula is C20H16O6. The lowest BCUT2D eigenvalue weighted by atomic mass is 9.62. The van der Waals surface area contributed by atoms with Gasteiger partial charge in [0.1, 0.15) is 6.61 Å². The van der Waals surface area contributed by atoms with E-state index in [9.17, 15) is 25.2 Å². The predicted molar refractivity (Wildman–Crippen MR) is 92.0 cm³/mol. The lowest BCUT2D eigenvalue weighted by Crippen LogP contribution is -2.37. The van der Waals surface area contributed by atoms with Crippen LogP contribution < -0.4 is 0 Å². The van der Waals surface area contributed by atoms with Crippen molar-refractivity contribution in [2.75, 3.05) is 6.61 Å². The summed E-state index contributed by atoms with van der Waals surface area (Å²) < 4.78 is 5.24. The fourth-order valence-corrected chi connectivity index (χ4v) is 3.78. The molecule has 1 aliphatic carbocycles. The van der Waals surface area contributed by atoms with Crippen LogP contribution in [0.1, 0.15) is 11.1 Å². The monoisotopic (exact) mass is 352 g/mol. The molecule has 1 atom stereocenters. The van der Waals surface area contributed by atoms with E-state index in [1.807, 2.05) is 6.08 Å². The van der Waals surface area contributed by atoms with Gasteiger partial charge >= 0.3 is 5.97 Å². The number of rotatable bonds is 2. The molecule has 1 heterocycles. The molecule has 0 amide bonds. The van der Waals surface area contributed by atoms with Crippen molar-refractivity contribution in [1.29, 1.82) is 0 Å². The summed E-state index contributed by atoms with van der Waals surface area (Å²) in [5.74, 6) is -1.89. The Kier molecular flexibility index (Phi) is 3.44. The maximum atomic E-state index is 12.1. The van der Waals surface area contributed by atoms with Crippen LogP contribution in [0.2, 0.25) is 0 Å². The standard InChI is InChI=1S/C20H16O6/c21-15-5-3-11(8-17(15)23)20(12-4-6-16(22)18(24)9-12)7-1-2-13-14(20)10-26-19(13)25/h1-9,14,21-24H,10H2. The number of benzene rings is 2. The maximum absolute atomic E-state index is 12.1. The Labute approximate surface area is 148 Å². The van der Waals surface area contributed by atoms with Crippen LogP contribution >= 0.6 is 0 Å². The summed E-state index contributed by atoms with van der Waals surface area (Å²) in [6.07, 6.45) is 5.28. The first-order valence-electron chi connectivity index (χ1n) is 8.05. The summed E-state index contributed by atoms with van der Waals surface area (Å²) in [4.78, 5) is 12.1. The van der Waals surface area contributed by atoms with Crippen LogP contribution in [-0.2, 0) is 14.9 Å². The first-order chi connectivity index (χ1) is 12.4. The average Bonchev–Trinajstić information content (AvgIpc) is 3.01. The Morgan fingerprint density at radius 3 is 2.00 bits per heavy atom. The van der Waals surface area contributed by atoms with Crippen LogP contribution in [0.3, 0.4) is 0 Å². The zero-order valence-corrected chi connectivity index (χ0v) is 13.6. The fraction of sp³-hybridized carbons (Fsp3) is 0.150. The number of hydrogen-bond acceptors (Lipinski definition) is 6. The van der Waals surface area contributed by atoms with E-state index in [4.69, 9.17) is 4.74 Å². The lowest BCUT2D eigenvalue weighted by molar-refractivity contribution is -0.135. The van der Waals surface area contributed by atoms with Gasteiger partial charge in [0.2, 0.25) is 0 Å². The molecule has 0 spiro atoms. The minimum absolute atomic E-state index is 0.137. The van der Waals surface area contributed by atoms with Crippen molar-refractivity contribution >= 4 is 5.97 Å². The number of carbonyl (C=O) groups is 1. The average molecular weight is 352 g/mol. The second kappa shape index (κ2) is 5.56. The van der Waals surface area contributed by atoms with Gasteiger partial charge in [-0.3, -0.25) is 0 Å². The molecule has 4 N–H and O–H groups in total. The summed E-state index contributed by atoms with van der Waals surface area (Å²) in [5.41, 5.74) is 0.797. The zero-order chi connectivity index (χ0) is 18.5. The van der Waals surface area contributed by atoms with Crippen LogP contribution in [0, 0.1) is 5.92 Å². The number of aromatic hydroxyl groups is 4. The molecule has 1 fully saturated rings. The highest BCUT2D eigenvalue weighted by atomic mass is 16.5. The molecule has 0 radical (unpaired) electrons. The largest absolute Gasteiger partial charge is 0.504 e. The minimum Gasteiger partial charge on any atom is -0.504 e. The molecule has 6 heteroatoms. The van der Waals surface area contributed by atoms with Crippen LogP contribution in [0.15, 0.2) is 60.2 Å². The molecule has 4 rings (SSSR count). The van der Waals surface area contributed by atoms with Crippen LogP contribution in [0.25, 0.3) is 0 Å². The second-order valence-electron chi connectivity index (χ2n) is 6.41. The Bertz CT molecular complexity index is 921. The topological polar surface area (TPSA) is 107 Å². The van der Waals surface area contributed by atoms with E-state index in [0.717, 1.165) is 0 Å². The highest BCUT2D eigenvalue weighted by Crippen LogP contribution is 2.50. The summed E-state index contributed by atoms with van der Waals surface area (Å²) in [6.45, 7) is 0.137. The highest BCUT2D eigenvalue weighted by molar-refractivity contribution is 5.93. The third kappa shape index (κ3) is 2.15. The highest BCUT2D eigenvalue weighted by Gasteiger charge is 2.49. The van der Waals surface area contributed by atoms with Gasteiger partial charge < -0.3 is 25.2 Å². The van der Waals surface area contributed by atoms with Gasteiger partial charge in [-0.15, -0.1) is 0 Å². The van der Waals surface area contributed by atoms with Gasteiger partial charge in [0, 0.05) is 16.9 Å². The third-order valence-corrected chi connectivity index (χ3v) is 5.08. The van der Waals surface area contributed by atoms with Crippen LogP contribution in [-0.4, -0.2) is 33.0 Å². The molecule has 1 aliphatic heterocycles. The summed E-state index contributed by atoms with van der Waals surface area (Å²) in [5, 5.41) is 39.4. The van der Waals surface area contributed by atoms with Gasteiger partial charge in [-0.05, 0) is 35.4 Å². The number of esters is 1. The Hall–Kier alpha value is -3.41. The van der Waals surface area contributed by atoms with Gasteiger partial charge in [-0.25, -0.2) is 4.79 Å². The first kappa shape index (κ1) is 16.1. The number of phenols is 4. The normalized spacial score (nSPS) is 20.4. The molecule has 2 aliphatic rings. The maximum Gasteiger partial charge on any atom is 0.334 e. The van der Waals surface area contributed by atoms with Gasteiger partial charge in [0.15, 0.2) is 23.0 Å². The molecule has 2 aromatic rings. The lowest BCUT2D eigenvalue weighted by Gasteiger charge is -2.38. The number of ether oxygens (including phenoxy) is 1. The molecule has 6 nitrogen and oxygen atoms in total. The van der Waals surface area contributed by atoms with Crippen molar-refractivity contribution in [3.05, 3.63) is 71.3 Å². The van der Waals surface area contributed by atoms with Gasteiger partial charge in [0.05, 0.1) is 0 Å². The van der Waals surface area contributed by atoms with E-state index in [0.29, 0.717) is 16.7 Å². The molecule has 26 heavy (non-hydrogen) atoms. The molecule has 0 saturated carbocycles. The van der Waals surface area contributed by atoms with Crippen molar-refractivity contribution in [2.24, 2.45) is 5.92 Å². The summed E-state index contributed by atoms with van der Waals surface area (Å²) >= 11 is 0. The number of phenolic OH excluding ortho intramolecular Hbond substituents is 4. The van der Waals surface area contributed by atoms with E-state index in [-0.39, 0.29) is 35.5 Å². The Morgan fingerprint density at radius 2 is 1.46 bits per heavy atom. The van der Waals surface area contributed by atoms with Crippen molar-refractivity contribution in [2.45, 2.75) is 5.41 Å². The first-order valence-corrected chi connectivity index (χ1v) is 8.05. The molecule has 132 valence electrons. The number of fused-ring (bicyclic) bond motifs is 1. The number of hydrogen-bond donors (Lipinski definition) is 4. The van der Waals surface area contributed by atoms with Gasteiger partial charge in [0.25, 0.3) is 0 Å². The third-order valence-electron chi connectivity index (χ3n) is 5.08. The predicted octanol–water partition coefficient (Wildman–Crippen LogP) is 2.46. The van der Waals surface area contributed by atoms with E-state index in [2.05, 4.69) is 0 Å². The van der Waals surface area contributed by atoms with E-state index in [1.54, 1.807) is 24.3 Å². The molecule has 0 bridgehead atoms. The van der Waals surface area contributed by atoms with Crippen molar-refractivity contribution in [3.8, 4) is 23.0 Å². The van der Waals surface area contributed by atoms with Crippen LogP contribution in [0.5, 0.6) is 23.0 Å². The second-order valence-corrected chi connectivity index (χ2v) is 6.41. The molecule has 0 aromatic heterocycles. The molecule has 2 aromatic carbocycles. The summed E-state index contributed by atoms with van der Waals surface area (Å²) in [6, 6.07) is 8.89. The van der Waals surface area contributed by atoms with E-state index >= 15 is 0 Å². The van der Waals surface area contributed by atoms with E-state index < -0.39 is 11.4 Å². The van der Waals surface area contributed by atoms with Crippen molar-refractivity contribution < 1.29 is 30.0 Å². The Balaban J connectivity index is 2.00. The molecule has 1 unspecified atom stereocenters. The van der Waals surface area contributed by atoms with Crippen LogP contribution in [0.4, 0.5) is 0 Å². The van der Waals surface area contributed by atoms with Gasteiger partial charge in [-0.2, -0.15) is 0 Å². The molecular weight excluding hydrogens is 336 g/mol. The smallest absolute Gasteiger partial charge is 0.334 e. The zero-order valence-electron chi connectivity index (χ0n) is 13.6. The minimum atomic E-state index is -0.924. The van der Waals surface area contributed by atoms with Crippen molar-refractivity contribution in [3.63, 3.8) is 0 Å². The number of allylic oxidation sites excluding steroid dienone is 3.